The van der Waals surface area contributed by atoms with Gasteiger partial charge in [-0.2, -0.15) is 0 Å². The Labute approximate surface area is 651 Å². The molecule has 0 amide bonds. The van der Waals surface area contributed by atoms with Crippen LogP contribution >= 0.6 is 76.0 Å². The molecule has 0 aromatic carbocycles. The Morgan fingerprint density at radius 1 is 0.333 bits per heavy atom. The van der Waals surface area contributed by atoms with Gasteiger partial charge in [0.15, 0.2) is 6.17 Å². The number of hydrogen-bond donors (Lipinski definition) is 22. The van der Waals surface area contributed by atoms with Gasteiger partial charge in [-0.15, -0.1) is 0 Å². The number of ether oxygens (including phenoxy) is 8. The van der Waals surface area contributed by atoms with Gasteiger partial charge in [-0.1, -0.05) is 27.7 Å². The molecule has 7 rings (SSSR count). The van der Waals surface area contributed by atoms with Crippen LogP contribution in [0.15, 0.2) is 0 Å². The fourth-order valence-electron chi connectivity index (χ4n) is 9.40. The zero-order valence-corrected chi connectivity index (χ0v) is 69.9. The first-order chi connectivity index (χ1) is 49.8. The summed E-state index contributed by atoms with van der Waals surface area (Å²) in [6.07, 6.45) is -19.9. The third-order valence-electron chi connectivity index (χ3n) is 15.6. The normalized spacial score (nSPS) is 37.5. The summed E-state index contributed by atoms with van der Waals surface area (Å²) in [6.45, 7) is 7.87. The van der Waals surface area contributed by atoms with E-state index < -0.39 is 236 Å². The van der Waals surface area contributed by atoms with Crippen LogP contribution in [0.5, 0.6) is 0 Å². The van der Waals surface area contributed by atoms with E-state index >= 15 is 0 Å². The van der Waals surface area contributed by atoms with Gasteiger partial charge in [0.25, 0.3) is 7.47 Å². The average molecular weight is 1870 g/mol. The Morgan fingerprint density at radius 2 is 0.568 bits per heavy atom. The summed E-state index contributed by atoms with van der Waals surface area (Å²) in [5.41, 5.74) is 0. The summed E-state index contributed by atoms with van der Waals surface area (Å²) >= 11 is 2.03. The van der Waals surface area contributed by atoms with Gasteiger partial charge in [0, 0.05) is 67.5 Å². The molecular weight excluding hydrogens is 1780 g/mol. The molecule has 0 spiro atoms. The Balaban J connectivity index is 0.000000649. The first kappa shape index (κ1) is 111. The van der Waals surface area contributed by atoms with Crippen LogP contribution in [0.25, 0.3) is 0 Å². The summed E-state index contributed by atoms with van der Waals surface area (Å²) in [7, 11) is -2.08. The van der Waals surface area contributed by atoms with E-state index in [4.69, 9.17) is 170 Å². The summed E-state index contributed by atoms with van der Waals surface area (Å²) in [5.74, 6) is -1.55. The minimum atomic E-state index is -5.03. The van der Waals surface area contributed by atoms with Crippen LogP contribution in [-0.4, -0.2) is 379 Å². The van der Waals surface area contributed by atoms with Crippen LogP contribution in [0.3, 0.4) is 0 Å². The molecule has 0 aliphatic carbocycles. The summed E-state index contributed by atoms with van der Waals surface area (Å²) in [5, 5.41) is 66.8. The molecule has 7 heterocycles. The monoisotopic (exact) mass is 1870 g/mol. The maximum atomic E-state index is 13.0. The maximum absolute atomic E-state index is 13.0. The van der Waals surface area contributed by atoms with Crippen molar-refractivity contribution < 1.29 is 237 Å². The van der Waals surface area contributed by atoms with Gasteiger partial charge in [0.05, 0.1) is 70.2 Å². The number of hydrogen-bond acceptors (Lipinski definition) is 35. The molecule has 111 heavy (non-hydrogen) atoms. The van der Waals surface area contributed by atoms with E-state index in [-0.39, 0.29) is 56.0 Å². The molecule has 0 saturated carbocycles. The van der Waals surface area contributed by atoms with Crippen LogP contribution in [0.1, 0.15) is 41.5 Å². The Bertz CT molecular complexity index is 3020. The quantitative estimate of drug-likeness (QED) is 0.0256. The molecule has 31 atom stereocenters. The smallest absolute Gasteiger partial charge is 0.390 e. The van der Waals surface area contributed by atoms with Crippen molar-refractivity contribution in [2.45, 2.75) is 181 Å². The van der Waals surface area contributed by atoms with Gasteiger partial charge in [-0.25, -0.2) is 40.4 Å². The zero-order valence-electron chi connectivity index (χ0n) is 59.3. The zero-order chi connectivity index (χ0) is 86.8. The number of rotatable bonds is 28. The number of phosphoric ester groups is 4. The predicted molar refractivity (Wildman–Crippen MR) is 375 cm³/mol. The molecular formula is C43H88B7FO49P10Se. The first-order valence-electron chi connectivity index (χ1n) is 31.2. The average Bonchev–Trinajstić information content (AvgIpc) is 1.79. The van der Waals surface area contributed by atoms with Gasteiger partial charge in [-0.3, -0.25) is 27.2 Å². The molecule has 0 aromatic heterocycles. The van der Waals surface area contributed by atoms with Crippen molar-refractivity contribution in [1.82, 2.24) is 0 Å². The van der Waals surface area contributed by atoms with Crippen molar-refractivity contribution in [2.75, 3.05) is 60.0 Å². The Kier molecular flexibility index (Phi) is 47.0. The van der Waals surface area contributed by atoms with Gasteiger partial charge < -0.3 is 132 Å². The molecule has 7 aliphatic heterocycles. The summed E-state index contributed by atoms with van der Waals surface area (Å²) < 4.78 is 192. The number of alkyl halides is 1. The largest absolute Gasteiger partial charge is 0.476 e. The van der Waals surface area contributed by atoms with Crippen LogP contribution in [0, 0.1) is 29.6 Å². The molecule has 0 bridgehead atoms. The number of aliphatic hydroxyl groups excluding tert-OH is 7. The molecule has 3 unspecified atom stereocenters. The van der Waals surface area contributed by atoms with E-state index in [1.54, 1.807) is 34.6 Å². The van der Waals surface area contributed by atoms with Crippen molar-refractivity contribution in [3.63, 3.8) is 0 Å². The van der Waals surface area contributed by atoms with E-state index in [9.17, 15) is 86.1 Å². The van der Waals surface area contributed by atoms with Gasteiger partial charge in [-0.05, 0) is 6.92 Å². The number of halogens is 1. The molecule has 638 valence electrons. The summed E-state index contributed by atoms with van der Waals surface area (Å²) in [6, 6.07) is -4.15. The van der Waals surface area contributed by atoms with Crippen molar-refractivity contribution in [3.05, 3.63) is 0 Å². The van der Waals surface area contributed by atoms with E-state index in [1.807, 2.05) is 15.1 Å². The van der Waals surface area contributed by atoms with Crippen molar-refractivity contribution in [2.24, 2.45) is 29.6 Å². The minimum Gasteiger partial charge on any atom is -0.390 e. The Morgan fingerprint density at radius 3 is 0.784 bits per heavy atom. The molecule has 68 heteroatoms. The predicted octanol–water partition coefficient (Wildman–Crippen LogP) is -6.13. The topological polar surface area (TPSA) is 765 Å². The molecule has 7 saturated heterocycles. The molecule has 49 nitrogen and oxygen atoms in total. The maximum Gasteiger partial charge on any atom is 0.476 e. The van der Waals surface area contributed by atoms with E-state index in [0.29, 0.717) is 0 Å². The molecule has 22 N–H and O–H groups in total. The van der Waals surface area contributed by atoms with E-state index in [1.165, 1.54) is 14.0 Å². The number of phosphoric acid groups is 7. The van der Waals surface area contributed by atoms with E-state index in [0.717, 1.165) is 6.66 Å². The van der Waals surface area contributed by atoms with Crippen LogP contribution in [-0.2, 0) is 124 Å². The standard InChI is InChI=1S/C7H15BO8P2.C6H12B2O8P2.C6H13BO8P2Se.C6H12BO7P.2C6H12BO6P.C6H12FO6P/c1-4-6(9)5(15-7(4)8)3-14-17(2,10)16-18(11,12)13;1-3-5(9)4(15-6(3)7)2-14-17(8,10)16-18(11,12)13;1-3-5(8)4(14-6(3)7)2-13-17(12,18)15-16(9,10)11;1-12-5-4(8)3(14-6(5)7)2-13-15(9,10)11;2*1-3-5(8)4(13-6(3)7)2-12-14(9,10)11;1-3-5(7)6(8)4(13-3)2-12-14(9,10)11/h4-7,9H,3H2,1-2H3,(H2,11,12,13);3-6,9H,2H2,1H3,(H2,11,12,13);3-6,8H,2H2,1H3,(H,12,18)(H2,9,10,11);3-6,8H,2H2,1H3,(H2,9,10,11);3*3-6,8H,2H2,1H3,(H2,9,10,11)/t4-,5-,6+,7-,17?;2*3-,4-,5+,6-,17?;3-,4-,5-,6-;2*3-,4-,5+,6-;3-,4+,5-,6+/m1111110/s1. The number of methoxy groups -OCH3 is 1. The molecule has 0 aromatic rings. The van der Waals surface area contributed by atoms with Crippen LogP contribution < -0.4 is 0 Å². The van der Waals surface area contributed by atoms with Crippen molar-refractivity contribution in [3.8, 4) is 0 Å². The summed E-state index contributed by atoms with van der Waals surface area (Å²) in [4.78, 5) is 128. The third kappa shape index (κ3) is 43.6. The molecule has 7 aliphatic rings. The van der Waals surface area contributed by atoms with E-state index in [2.05, 4.69) is 35.6 Å². The first-order valence-corrected chi connectivity index (χ1v) is 49.3. The van der Waals surface area contributed by atoms with Gasteiger partial charge in [0.1, 0.15) is 94.2 Å². The molecule has 14 radical (unpaired) electrons. The van der Waals surface area contributed by atoms with Crippen molar-refractivity contribution >= 4 is 146 Å². The molecule has 7 fully saturated rings. The van der Waals surface area contributed by atoms with Gasteiger partial charge >= 0.3 is 167 Å². The van der Waals surface area contributed by atoms with Crippen LogP contribution in [0.2, 0.25) is 0 Å². The second kappa shape index (κ2) is 47.1. The van der Waals surface area contributed by atoms with Gasteiger partial charge in [0.2, 0.25) is 7.57 Å². The fraction of sp³-hybridized carbons (Fsp3) is 1.00. The second-order valence-electron chi connectivity index (χ2n) is 24.6. The minimum absolute atomic E-state index is 0.277. The van der Waals surface area contributed by atoms with Crippen molar-refractivity contribution in [1.29, 1.82) is 0 Å². The third-order valence-corrected chi connectivity index (χ3v) is 26.6. The fourth-order valence-corrected chi connectivity index (χ4v) is 18.3. The SMILES string of the molecule is C[C@@H]1O[C@H](COP(=O)(O)O)[C@@H](O)[C@H]1F.[B][C@@H]1O[C@H](COP(=O)(O)O)[C@@H](O)[C@H]1C.[B][C@@H]1O[C@H](COP(=O)(O)O)[C@@H](O)[C@H]1C.[B][C@@H]1O[C@H](COP(=O)(O)O)[C@@H](O)[C@H]1OC.[B][C@@H]1O[C@H](COP(C)(=O)OP(=O)(O)O)[C@@H](O)[C@H]1C.[B][C@@H]1O[C@H](COP(O)(=[Se])OP(=O)(O)O)[C@@H](O)[C@H]1C.[B][C@@H]1O[C@H](COP([B])(=O)OP(=O)(O)O)[C@@H](O)[C@H]1C. The second-order valence-corrected chi connectivity index (χ2v) is 41.7. The number of aliphatic hydroxyl groups is 7. The Hall–Kier alpha value is 1.80. The van der Waals surface area contributed by atoms with Crippen LogP contribution in [0.4, 0.5) is 4.39 Å².